The SMILES string of the molecule is O=C(O)c1cccc(Sc2cc(Cc3ncnn4cccc34)[nH]n2)c1. The molecule has 8 heteroatoms. The Morgan fingerprint density at radius 3 is 3.04 bits per heavy atom. The van der Waals surface area contributed by atoms with Gasteiger partial charge in [-0.15, -0.1) is 0 Å². The fourth-order valence-corrected chi connectivity index (χ4v) is 3.40. The molecule has 3 aromatic heterocycles. The number of rotatable bonds is 5. The second-order valence-corrected chi connectivity index (χ2v) is 6.48. The number of nitrogens with zero attached hydrogens (tertiary/aromatic N) is 4. The van der Waals surface area contributed by atoms with E-state index in [1.807, 2.05) is 30.5 Å². The molecule has 2 N–H and O–H groups in total. The van der Waals surface area contributed by atoms with Gasteiger partial charge in [-0.3, -0.25) is 5.10 Å². The van der Waals surface area contributed by atoms with E-state index < -0.39 is 5.97 Å². The van der Waals surface area contributed by atoms with Crippen LogP contribution in [0.15, 0.2) is 64.9 Å². The summed E-state index contributed by atoms with van der Waals surface area (Å²) in [5.41, 5.74) is 3.06. The van der Waals surface area contributed by atoms with Gasteiger partial charge in [-0.2, -0.15) is 10.2 Å². The molecule has 0 aliphatic heterocycles. The van der Waals surface area contributed by atoms with Crippen molar-refractivity contribution < 1.29 is 9.90 Å². The number of H-pyrrole nitrogens is 1. The Kier molecular flexibility index (Phi) is 3.95. The van der Waals surface area contributed by atoms with E-state index in [0.717, 1.165) is 26.8 Å². The van der Waals surface area contributed by atoms with Gasteiger partial charge in [0.05, 0.1) is 16.8 Å². The summed E-state index contributed by atoms with van der Waals surface area (Å²) in [6.07, 6.45) is 4.02. The third-order valence-electron chi connectivity index (χ3n) is 3.68. The van der Waals surface area contributed by atoms with E-state index in [9.17, 15) is 4.79 Å². The van der Waals surface area contributed by atoms with Crippen molar-refractivity contribution in [3.8, 4) is 0 Å². The summed E-state index contributed by atoms with van der Waals surface area (Å²) in [6, 6.07) is 12.6. The quantitative estimate of drug-likeness (QED) is 0.574. The molecule has 0 saturated heterocycles. The van der Waals surface area contributed by atoms with Gasteiger partial charge in [0.2, 0.25) is 0 Å². The van der Waals surface area contributed by atoms with E-state index in [1.165, 1.54) is 18.1 Å². The van der Waals surface area contributed by atoms with Crippen LogP contribution in [0, 0.1) is 0 Å². The first-order valence-electron chi connectivity index (χ1n) is 7.52. The molecule has 0 fully saturated rings. The van der Waals surface area contributed by atoms with Crippen LogP contribution in [0.2, 0.25) is 0 Å². The van der Waals surface area contributed by atoms with E-state index in [2.05, 4.69) is 20.3 Å². The molecule has 0 saturated carbocycles. The molecular formula is C17H13N5O2S. The highest BCUT2D eigenvalue weighted by Gasteiger charge is 2.09. The van der Waals surface area contributed by atoms with Gasteiger partial charge < -0.3 is 5.11 Å². The van der Waals surface area contributed by atoms with E-state index in [4.69, 9.17) is 5.11 Å². The first-order chi connectivity index (χ1) is 12.2. The summed E-state index contributed by atoms with van der Waals surface area (Å²) in [5, 5.41) is 21.3. The van der Waals surface area contributed by atoms with Crippen LogP contribution in [0.25, 0.3) is 5.52 Å². The molecule has 0 aliphatic rings. The lowest BCUT2D eigenvalue weighted by molar-refractivity contribution is 0.0696. The van der Waals surface area contributed by atoms with Crippen LogP contribution in [0.3, 0.4) is 0 Å². The number of aromatic amines is 1. The number of carbonyl (C=O) groups is 1. The Morgan fingerprint density at radius 1 is 1.24 bits per heavy atom. The predicted molar refractivity (Wildman–Crippen MR) is 91.9 cm³/mol. The van der Waals surface area contributed by atoms with Crippen molar-refractivity contribution in [2.24, 2.45) is 0 Å². The smallest absolute Gasteiger partial charge is 0.335 e. The number of aromatic nitrogens is 5. The van der Waals surface area contributed by atoms with E-state index in [-0.39, 0.29) is 5.56 Å². The molecule has 1 aromatic carbocycles. The Balaban J connectivity index is 1.53. The molecule has 0 aliphatic carbocycles. The topological polar surface area (TPSA) is 96.2 Å². The lowest BCUT2D eigenvalue weighted by Crippen LogP contribution is -1.99. The summed E-state index contributed by atoms with van der Waals surface area (Å²) in [6.45, 7) is 0. The minimum Gasteiger partial charge on any atom is -0.478 e. The molecule has 0 spiro atoms. The number of fused-ring (bicyclic) bond motifs is 1. The van der Waals surface area contributed by atoms with Crippen LogP contribution in [0.1, 0.15) is 21.7 Å². The number of hydrogen-bond acceptors (Lipinski definition) is 5. The minimum absolute atomic E-state index is 0.261. The van der Waals surface area contributed by atoms with Gasteiger partial charge in [0.15, 0.2) is 0 Å². The van der Waals surface area contributed by atoms with Crippen molar-refractivity contribution in [2.45, 2.75) is 16.3 Å². The molecular weight excluding hydrogens is 338 g/mol. The number of carboxylic acid groups (broad SMARTS) is 1. The molecule has 4 aromatic rings. The number of carboxylic acids is 1. The summed E-state index contributed by atoms with van der Waals surface area (Å²) >= 11 is 1.41. The normalized spacial score (nSPS) is 11.0. The van der Waals surface area contributed by atoms with Crippen molar-refractivity contribution >= 4 is 23.2 Å². The molecule has 3 heterocycles. The zero-order valence-electron chi connectivity index (χ0n) is 13.0. The van der Waals surface area contributed by atoms with Crippen LogP contribution in [0.5, 0.6) is 0 Å². The van der Waals surface area contributed by atoms with Crippen LogP contribution >= 0.6 is 11.8 Å². The number of nitrogens with one attached hydrogen (secondary N) is 1. The van der Waals surface area contributed by atoms with Crippen molar-refractivity contribution in [1.29, 1.82) is 0 Å². The van der Waals surface area contributed by atoms with Gasteiger partial charge in [0.1, 0.15) is 11.4 Å². The molecule has 25 heavy (non-hydrogen) atoms. The minimum atomic E-state index is -0.940. The maximum atomic E-state index is 11.1. The monoisotopic (exact) mass is 351 g/mol. The average molecular weight is 351 g/mol. The molecule has 124 valence electrons. The Hall–Kier alpha value is -3.13. The largest absolute Gasteiger partial charge is 0.478 e. The third-order valence-corrected chi connectivity index (χ3v) is 4.59. The van der Waals surface area contributed by atoms with Gasteiger partial charge in [-0.25, -0.2) is 14.3 Å². The second-order valence-electron chi connectivity index (χ2n) is 5.39. The lowest BCUT2D eigenvalue weighted by atomic mass is 10.2. The summed E-state index contributed by atoms with van der Waals surface area (Å²) in [4.78, 5) is 16.2. The molecule has 0 unspecified atom stereocenters. The summed E-state index contributed by atoms with van der Waals surface area (Å²) in [5.74, 6) is -0.940. The number of aromatic carboxylic acids is 1. The number of benzene rings is 1. The first-order valence-corrected chi connectivity index (χ1v) is 8.33. The molecule has 0 amide bonds. The maximum Gasteiger partial charge on any atom is 0.335 e. The molecule has 7 nitrogen and oxygen atoms in total. The van der Waals surface area contributed by atoms with Crippen LogP contribution < -0.4 is 0 Å². The number of hydrogen-bond donors (Lipinski definition) is 2. The fourth-order valence-electron chi connectivity index (χ4n) is 2.53. The first kappa shape index (κ1) is 15.4. The average Bonchev–Trinajstić information content (AvgIpc) is 3.25. The van der Waals surface area contributed by atoms with Crippen molar-refractivity contribution in [2.75, 3.05) is 0 Å². The fraction of sp³-hybridized carbons (Fsp3) is 0.0588. The third kappa shape index (κ3) is 3.24. The Bertz CT molecular complexity index is 1060. The maximum absolute atomic E-state index is 11.1. The van der Waals surface area contributed by atoms with E-state index >= 15 is 0 Å². The Labute approximate surface area is 146 Å². The molecule has 0 radical (unpaired) electrons. The van der Waals surface area contributed by atoms with Crippen molar-refractivity contribution in [3.63, 3.8) is 0 Å². The highest BCUT2D eigenvalue weighted by molar-refractivity contribution is 7.99. The predicted octanol–water partition coefficient (Wildman–Crippen LogP) is 2.89. The zero-order valence-corrected chi connectivity index (χ0v) is 13.8. The highest BCUT2D eigenvalue weighted by Crippen LogP contribution is 2.27. The summed E-state index contributed by atoms with van der Waals surface area (Å²) in [7, 11) is 0. The zero-order chi connectivity index (χ0) is 17.2. The van der Waals surface area contributed by atoms with Crippen LogP contribution in [-0.2, 0) is 6.42 Å². The van der Waals surface area contributed by atoms with Gasteiger partial charge >= 0.3 is 5.97 Å². The van der Waals surface area contributed by atoms with Gasteiger partial charge in [0.25, 0.3) is 0 Å². The lowest BCUT2D eigenvalue weighted by Gasteiger charge is -2.01. The molecule has 0 bridgehead atoms. The van der Waals surface area contributed by atoms with Gasteiger partial charge in [-0.05, 0) is 36.4 Å². The van der Waals surface area contributed by atoms with E-state index in [1.54, 1.807) is 22.7 Å². The van der Waals surface area contributed by atoms with E-state index in [0.29, 0.717) is 6.42 Å². The Morgan fingerprint density at radius 2 is 2.16 bits per heavy atom. The molecule has 4 rings (SSSR count). The van der Waals surface area contributed by atoms with Gasteiger partial charge in [0, 0.05) is 23.2 Å². The standard InChI is InChI=1S/C17H13N5O2S/c23-17(24)11-3-1-4-13(7-11)25-16-9-12(20-21-16)8-14-15-5-2-6-22(15)19-10-18-14/h1-7,9-10H,8H2,(H,20,21)(H,23,24). The van der Waals surface area contributed by atoms with Crippen LogP contribution in [-0.4, -0.2) is 35.9 Å². The summed E-state index contributed by atoms with van der Waals surface area (Å²) < 4.78 is 1.78. The second kappa shape index (κ2) is 6.40. The van der Waals surface area contributed by atoms with Crippen molar-refractivity contribution in [1.82, 2.24) is 24.8 Å². The molecule has 0 atom stereocenters. The van der Waals surface area contributed by atoms with Crippen LogP contribution in [0.4, 0.5) is 0 Å². The van der Waals surface area contributed by atoms with Crippen molar-refractivity contribution in [3.05, 3.63) is 71.9 Å². The van der Waals surface area contributed by atoms with Gasteiger partial charge in [-0.1, -0.05) is 17.8 Å². The highest BCUT2D eigenvalue weighted by atomic mass is 32.2.